The molecule has 0 saturated carbocycles. The lowest BCUT2D eigenvalue weighted by molar-refractivity contribution is 0.489. The predicted molar refractivity (Wildman–Crippen MR) is 76.3 cm³/mol. The lowest BCUT2D eigenvalue weighted by atomic mass is 10.1. The molecule has 1 atom stereocenters. The van der Waals surface area contributed by atoms with Gasteiger partial charge in [-0.15, -0.1) is 0 Å². The van der Waals surface area contributed by atoms with E-state index in [0.29, 0.717) is 6.04 Å². The third-order valence-corrected chi connectivity index (χ3v) is 3.09. The maximum atomic E-state index is 3.60. The van der Waals surface area contributed by atoms with Gasteiger partial charge in [0.05, 0.1) is 0 Å². The highest BCUT2D eigenvalue weighted by Crippen LogP contribution is 2.06. The number of hydrogen-bond donors (Lipinski definition) is 1. The van der Waals surface area contributed by atoms with Gasteiger partial charge in [0.15, 0.2) is 0 Å². The molecule has 0 aliphatic carbocycles. The van der Waals surface area contributed by atoms with Gasteiger partial charge < -0.3 is 5.32 Å². The first kappa shape index (κ1) is 14.2. The summed E-state index contributed by atoms with van der Waals surface area (Å²) in [6.45, 7) is 8.02. The molecule has 0 aromatic heterocycles. The van der Waals surface area contributed by atoms with Gasteiger partial charge in [-0.25, -0.2) is 0 Å². The highest BCUT2D eigenvalue weighted by molar-refractivity contribution is 5.15. The van der Waals surface area contributed by atoms with Gasteiger partial charge in [-0.1, -0.05) is 57.0 Å². The van der Waals surface area contributed by atoms with Crippen molar-refractivity contribution < 1.29 is 0 Å². The third-order valence-electron chi connectivity index (χ3n) is 3.09. The average molecular weight is 233 g/mol. The van der Waals surface area contributed by atoms with E-state index in [1.807, 2.05) is 0 Å². The predicted octanol–water partition coefficient (Wildman–Crippen LogP) is 4.03. The topological polar surface area (TPSA) is 12.0 Å². The van der Waals surface area contributed by atoms with E-state index >= 15 is 0 Å². The van der Waals surface area contributed by atoms with E-state index in [0.717, 1.165) is 18.9 Å². The molecule has 0 bridgehead atoms. The summed E-state index contributed by atoms with van der Waals surface area (Å²) in [5.41, 5.74) is 1.43. The Morgan fingerprint density at radius 1 is 1.00 bits per heavy atom. The molecule has 0 heterocycles. The molecule has 1 heteroatoms. The quantitative estimate of drug-likeness (QED) is 0.668. The molecule has 1 aromatic carbocycles. The Morgan fingerprint density at radius 3 is 2.35 bits per heavy atom. The molecule has 1 rings (SSSR count). The number of rotatable bonds is 8. The molecule has 17 heavy (non-hydrogen) atoms. The number of unbranched alkanes of at least 4 members (excludes halogenated alkanes) is 1. The summed E-state index contributed by atoms with van der Waals surface area (Å²) in [5, 5.41) is 3.60. The normalized spacial score (nSPS) is 12.9. The highest BCUT2D eigenvalue weighted by Gasteiger charge is 2.02. The van der Waals surface area contributed by atoms with Crippen molar-refractivity contribution in [2.45, 2.75) is 52.5 Å². The molecule has 0 spiro atoms. The van der Waals surface area contributed by atoms with Crippen molar-refractivity contribution in [3.05, 3.63) is 35.9 Å². The van der Waals surface area contributed by atoms with Crippen molar-refractivity contribution in [2.24, 2.45) is 5.92 Å². The second-order valence-electron chi connectivity index (χ2n) is 5.43. The van der Waals surface area contributed by atoms with Crippen LogP contribution >= 0.6 is 0 Å². The third kappa shape index (κ3) is 7.17. The van der Waals surface area contributed by atoms with Crippen molar-refractivity contribution in [1.29, 1.82) is 0 Å². The Labute approximate surface area is 107 Å². The zero-order chi connectivity index (χ0) is 12.5. The van der Waals surface area contributed by atoms with Gasteiger partial charge in [-0.2, -0.15) is 0 Å². The molecule has 1 N–H and O–H groups in total. The number of benzene rings is 1. The monoisotopic (exact) mass is 233 g/mol. The molecular formula is C16H27N. The smallest absolute Gasteiger partial charge is 0.00791 e. The molecule has 0 fully saturated rings. The molecule has 0 aliphatic heterocycles. The molecule has 1 aromatic rings. The van der Waals surface area contributed by atoms with Crippen molar-refractivity contribution in [3.63, 3.8) is 0 Å². The standard InChI is InChI=1S/C16H27N/c1-14(2)9-7-8-12-17-15(3)13-16-10-5-4-6-11-16/h4-6,10-11,14-15,17H,7-9,12-13H2,1-3H3. The van der Waals surface area contributed by atoms with E-state index in [2.05, 4.69) is 56.4 Å². The zero-order valence-corrected chi connectivity index (χ0v) is 11.6. The van der Waals surface area contributed by atoms with Gasteiger partial charge in [-0.05, 0) is 37.8 Å². The van der Waals surface area contributed by atoms with Crippen LogP contribution in [0.1, 0.15) is 45.6 Å². The van der Waals surface area contributed by atoms with Crippen LogP contribution in [0.2, 0.25) is 0 Å². The fourth-order valence-electron chi connectivity index (χ4n) is 2.07. The molecule has 0 radical (unpaired) electrons. The van der Waals surface area contributed by atoms with Gasteiger partial charge in [0, 0.05) is 6.04 Å². The van der Waals surface area contributed by atoms with Crippen molar-refractivity contribution in [3.8, 4) is 0 Å². The molecular weight excluding hydrogens is 206 g/mol. The molecule has 0 aliphatic rings. The average Bonchev–Trinajstić information content (AvgIpc) is 2.29. The summed E-state index contributed by atoms with van der Waals surface area (Å²) >= 11 is 0. The van der Waals surface area contributed by atoms with Crippen LogP contribution in [0, 0.1) is 5.92 Å². The van der Waals surface area contributed by atoms with Crippen LogP contribution < -0.4 is 5.32 Å². The van der Waals surface area contributed by atoms with Crippen LogP contribution in [0.25, 0.3) is 0 Å². The Bertz CT molecular complexity index is 279. The van der Waals surface area contributed by atoms with Crippen LogP contribution in [0.4, 0.5) is 0 Å². The van der Waals surface area contributed by atoms with E-state index in [1.165, 1.54) is 24.8 Å². The lowest BCUT2D eigenvalue weighted by Gasteiger charge is -2.14. The number of nitrogens with one attached hydrogen (secondary N) is 1. The van der Waals surface area contributed by atoms with E-state index < -0.39 is 0 Å². The Hall–Kier alpha value is -0.820. The fourth-order valence-corrected chi connectivity index (χ4v) is 2.07. The molecule has 1 nitrogen and oxygen atoms in total. The summed E-state index contributed by atoms with van der Waals surface area (Å²) in [4.78, 5) is 0. The van der Waals surface area contributed by atoms with Gasteiger partial charge in [0.25, 0.3) is 0 Å². The Morgan fingerprint density at radius 2 is 1.71 bits per heavy atom. The minimum Gasteiger partial charge on any atom is -0.314 e. The maximum Gasteiger partial charge on any atom is 0.00791 e. The summed E-state index contributed by atoms with van der Waals surface area (Å²) in [5.74, 6) is 0.844. The SMILES string of the molecule is CC(C)CCCCNC(C)Cc1ccccc1. The Kier molecular flexibility index (Phi) is 6.95. The van der Waals surface area contributed by atoms with Gasteiger partial charge in [0.1, 0.15) is 0 Å². The summed E-state index contributed by atoms with van der Waals surface area (Å²) in [6.07, 6.45) is 5.14. The van der Waals surface area contributed by atoms with Gasteiger partial charge in [-0.3, -0.25) is 0 Å². The van der Waals surface area contributed by atoms with E-state index in [1.54, 1.807) is 0 Å². The first-order valence-corrected chi connectivity index (χ1v) is 6.96. The largest absolute Gasteiger partial charge is 0.314 e. The van der Waals surface area contributed by atoms with Crippen LogP contribution in [-0.2, 0) is 6.42 Å². The summed E-state index contributed by atoms with van der Waals surface area (Å²) in [7, 11) is 0. The minimum absolute atomic E-state index is 0.580. The molecule has 0 amide bonds. The second-order valence-corrected chi connectivity index (χ2v) is 5.43. The lowest BCUT2D eigenvalue weighted by Crippen LogP contribution is -2.28. The van der Waals surface area contributed by atoms with Gasteiger partial charge in [0.2, 0.25) is 0 Å². The van der Waals surface area contributed by atoms with E-state index in [9.17, 15) is 0 Å². The van der Waals surface area contributed by atoms with Crippen molar-refractivity contribution in [2.75, 3.05) is 6.54 Å². The van der Waals surface area contributed by atoms with E-state index in [-0.39, 0.29) is 0 Å². The number of hydrogen-bond acceptors (Lipinski definition) is 1. The maximum absolute atomic E-state index is 3.60. The van der Waals surface area contributed by atoms with Gasteiger partial charge >= 0.3 is 0 Å². The van der Waals surface area contributed by atoms with Crippen LogP contribution in [-0.4, -0.2) is 12.6 Å². The van der Waals surface area contributed by atoms with Crippen molar-refractivity contribution >= 4 is 0 Å². The second kappa shape index (κ2) is 8.30. The van der Waals surface area contributed by atoms with Crippen LogP contribution in [0.15, 0.2) is 30.3 Å². The first-order chi connectivity index (χ1) is 8.18. The summed E-state index contributed by atoms with van der Waals surface area (Å²) < 4.78 is 0. The first-order valence-electron chi connectivity index (χ1n) is 6.96. The zero-order valence-electron chi connectivity index (χ0n) is 11.6. The van der Waals surface area contributed by atoms with Crippen LogP contribution in [0.5, 0.6) is 0 Å². The molecule has 0 saturated heterocycles. The molecule has 1 unspecified atom stereocenters. The Balaban J connectivity index is 2.07. The summed E-state index contributed by atoms with van der Waals surface area (Å²) in [6, 6.07) is 11.3. The van der Waals surface area contributed by atoms with Crippen LogP contribution in [0.3, 0.4) is 0 Å². The fraction of sp³-hybridized carbons (Fsp3) is 0.625. The molecule has 96 valence electrons. The van der Waals surface area contributed by atoms with Crippen molar-refractivity contribution in [1.82, 2.24) is 5.32 Å². The minimum atomic E-state index is 0.580. The van der Waals surface area contributed by atoms with E-state index in [4.69, 9.17) is 0 Å². The highest BCUT2D eigenvalue weighted by atomic mass is 14.9.